The molecule has 0 aliphatic rings. The van der Waals surface area contributed by atoms with Crippen molar-refractivity contribution >= 4 is 15.9 Å². The van der Waals surface area contributed by atoms with Crippen molar-refractivity contribution in [3.8, 4) is 5.75 Å². The fourth-order valence-corrected chi connectivity index (χ4v) is 2.21. The zero-order valence-corrected chi connectivity index (χ0v) is 14.0. The van der Waals surface area contributed by atoms with Crippen molar-refractivity contribution < 1.29 is 4.74 Å². The molecule has 0 saturated heterocycles. The number of aromatic nitrogens is 3. The summed E-state index contributed by atoms with van der Waals surface area (Å²) >= 11 is 3.42. The SMILES string of the molecule is CC(C)CNCc1cn(CCOc2cccc(Br)c2)nn1. The molecule has 1 aromatic heterocycles. The minimum Gasteiger partial charge on any atom is -0.492 e. The Kier molecular flexibility index (Phi) is 6.20. The summed E-state index contributed by atoms with van der Waals surface area (Å²) in [6, 6.07) is 7.81. The van der Waals surface area contributed by atoms with Crippen LogP contribution in [-0.4, -0.2) is 28.1 Å². The second-order valence-corrected chi connectivity index (χ2v) is 6.22. The summed E-state index contributed by atoms with van der Waals surface area (Å²) in [4.78, 5) is 0. The van der Waals surface area contributed by atoms with Crippen LogP contribution < -0.4 is 10.1 Å². The van der Waals surface area contributed by atoms with E-state index in [2.05, 4.69) is 45.4 Å². The first kappa shape index (κ1) is 16.0. The van der Waals surface area contributed by atoms with Crippen molar-refractivity contribution in [3.05, 3.63) is 40.6 Å². The van der Waals surface area contributed by atoms with E-state index in [1.807, 2.05) is 35.1 Å². The third kappa shape index (κ3) is 5.85. The van der Waals surface area contributed by atoms with Crippen LogP contribution in [0.2, 0.25) is 0 Å². The van der Waals surface area contributed by atoms with Crippen LogP contribution in [0.4, 0.5) is 0 Å². The van der Waals surface area contributed by atoms with E-state index in [1.54, 1.807) is 0 Å². The number of hydrogen-bond acceptors (Lipinski definition) is 4. The molecule has 0 unspecified atom stereocenters. The van der Waals surface area contributed by atoms with Gasteiger partial charge in [0.05, 0.1) is 12.2 Å². The highest BCUT2D eigenvalue weighted by Gasteiger charge is 2.02. The van der Waals surface area contributed by atoms with Crippen molar-refractivity contribution in [1.82, 2.24) is 20.3 Å². The molecule has 0 saturated carbocycles. The molecule has 0 atom stereocenters. The molecule has 0 fully saturated rings. The number of hydrogen-bond donors (Lipinski definition) is 1. The zero-order valence-electron chi connectivity index (χ0n) is 12.4. The van der Waals surface area contributed by atoms with Gasteiger partial charge in [-0.05, 0) is 30.7 Å². The van der Waals surface area contributed by atoms with Gasteiger partial charge >= 0.3 is 0 Å². The number of benzene rings is 1. The first-order valence-electron chi connectivity index (χ1n) is 7.11. The normalized spacial score (nSPS) is 11.0. The molecule has 21 heavy (non-hydrogen) atoms. The van der Waals surface area contributed by atoms with Gasteiger partial charge in [0, 0.05) is 17.2 Å². The molecule has 6 heteroatoms. The van der Waals surface area contributed by atoms with E-state index in [4.69, 9.17) is 4.74 Å². The van der Waals surface area contributed by atoms with Crippen LogP contribution in [0.5, 0.6) is 5.75 Å². The first-order chi connectivity index (χ1) is 10.1. The van der Waals surface area contributed by atoms with E-state index in [0.29, 0.717) is 19.1 Å². The number of rotatable bonds is 8. The maximum Gasteiger partial charge on any atom is 0.120 e. The molecule has 2 rings (SSSR count). The highest BCUT2D eigenvalue weighted by Crippen LogP contribution is 2.17. The summed E-state index contributed by atoms with van der Waals surface area (Å²) in [5, 5.41) is 11.6. The van der Waals surface area contributed by atoms with Crippen LogP contribution in [0.25, 0.3) is 0 Å². The summed E-state index contributed by atoms with van der Waals surface area (Å²) in [6.45, 7) is 7.36. The molecule has 0 radical (unpaired) electrons. The molecule has 0 spiro atoms. The second-order valence-electron chi connectivity index (χ2n) is 5.30. The van der Waals surface area contributed by atoms with Crippen molar-refractivity contribution in [3.63, 3.8) is 0 Å². The van der Waals surface area contributed by atoms with Crippen molar-refractivity contribution in [2.45, 2.75) is 26.9 Å². The zero-order chi connectivity index (χ0) is 15.1. The summed E-state index contributed by atoms with van der Waals surface area (Å²) in [7, 11) is 0. The van der Waals surface area contributed by atoms with Crippen molar-refractivity contribution in [1.29, 1.82) is 0 Å². The lowest BCUT2D eigenvalue weighted by molar-refractivity contribution is 0.289. The Bertz CT molecular complexity index is 556. The molecule has 1 N–H and O–H groups in total. The van der Waals surface area contributed by atoms with Crippen LogP contribution in [0.1, 0.15) is 19.5 Å². The minimum absolute atomic E-state index is 0.568. The highest BCUT2D eigenvalue weighted by atomic mass is 79.9. The van der Waals surface area contributed by atoms with Gasteiger partial charge < -0.3 is 10.1 Å². The second kappa shape index (κ2) is 8.14. The maximum absolute atomic E-state index is 5.68. The van der Waals surface area contributed by atoms with Gasteiger partial charge in [0.15, 0.2) is 0 Å². The van der Waals surface area contributed by atoms with E-state index in [9.17, 15) is 0 Å². The van der Waals surface area contributed by atoms with Gasteiger partial charge in [-0.1, -0.05) is 41.1 Å². The number of nitrogens with one attached hydrogen (secondary N) is 1. The Balaban J connectivity index is 1.72. The molecule has 0 amide bonds. The predicted molar refractivity (Wildman–Crippen MR) is 86.2 cm³/mol. The molecule has 0 bridgehead atoms. The average molecular weight is 353 g/mol. The molecular weight excluding hydrogens is 332 g/mol. The summed E-state index contributed by atoms with van der Waals surface area (Å²) in [5.41, 5.74) is 0.957. The summed E-state index contributed by atoms with van der Waals surface area (Å²) in [6.07, 6.45) is 1.96. The standard InChI is InChI=1S/C15H21BrN4O/c1-12(2)9-17-10-14-11-20(19-18-14)6-7-21-15-5-3-4-13(16)8-15/h3-5,8,11-12,17H,6-7,9-10H2,1-2H3. The first-order valence-corrected chi connectivity index (χ1v) is 7.91. The van der Waals surface area contributed by atoms with Gasteiger partial charge in [-0.3, -0.25) is 0 Å². The Hall–Kier alpha value is -1.40. The van der Waals surface area contributed by atoms with Crippen molar-refractivity contribution in [2.75, 3.05) is 13.2 Å². The smallest absolute Gasteiger partial charge is 0.120 e. The monoisotopic (exact) mass is 352 g/mol. The van der Waals surface area contributed by atoms with Gasteiger partial charge in [0.25, 0.3) is 0 Å². The quantitative estimate of drug-likeness (QED) is 0.793. The van der Waals surface area contributed by atoms with Crippen LogP contribution in [-0.2, 0) is 13.1 Å². The van der Waals surface area contributed by atoms with E-state index >= 15 is 0 Å². The van der Waals surface area contributed by atoms with Gasteiger partial charge in [-0.15, -0.1) is 5.10 Å². The third-order valence-corrected chi connectivity index (χ3v) is 3.32. The van der Waals surface area contributed by atoms with Crippen LogP contribution in [0.3, 0.4) is 0 Å². The van der Waals surface area contributed by atoms with Crippen molar-refractivity contribution in [2.24, 2.45) is 5.92 Å². The Morgan fingerprint density at radius 3 is 3.00 bits per heavy atom. The lowest BCUT2D eigenvalue weighted by Crippen LogP contribution is -2.19. The van der Waals surface area contributed by atoms with Gasteiger partial charge in [0.2, 0.25) is 0 Å². The molecule has 1 aromatic carbocycles. The molecule has 2 aromatic rings. The Morgan fingerprint density at radius 2 is 2.24 bits per heavy atom. The summed E-state index contributed by atoms with van der Waals surface area (Å²) in [5.74, 6) is 1.49. The average Bonchev–Trinajstić information content (AvgIpc) is 2.86. The largest absolute Gasteiger partial charge is 0.492 e. The molecule has 0 aliphatic heterocycles. The summed E-state index contributed by atoms with van der Waals surface area (Å²) < 4.78 is 8.50. The highest BCUT2D eigenvalue weighted by molar-refractivity contribution is 9.10. The van der Waals surface area contributed by atoms with Crippen LogP contribution in [0, 0.1) is 5.92 Å². The fourth-order valence-electron chi connectivity index (χ4n) is 1.83. The maximum atomic E-state index is 5.68. The van der Waals surface area contributed by atoms with E-state index in [0.717, 1.165) is 29.0 Å². The van der Waals surface area contributed by atoms with Gasteiger partial charge in [-0.2, -0.15) is 0 Å². The number of halogens is 1. The molecular formula is C15H21BrN4O. The van der Waals surface area contributed by atoms with Crippen LogP contribution >= 0.6 is 15.9 Å². The van der Waals surface area contributed by atoms with E-state index in [1.165, 1.54) is 0 Å². The molecule has 0 aliphatic carbocycles. The lowest BCUT2D eigenvalue weighted by Gasteiger charge is -2.06. The molecule has 114 valence electrons. The lowest BCUT2D eigenvalue weighted by atomic mass is 10.2. The van der Waals surface area contributed by atoms with Gasteiger partial charge in [0.1, 0.15) is 12.4 Å². The van der Waals surface area contributed by atoms with E-state index in [-0.39, 0.29) is 0 Å². The van der Waals surface area contributed by atoms with Crippen LogP contribution in [0.15, 0.2) is 34.9 Å². The molecule has 1 heterocycles. The third-order valence-electron chi connectivity index (χ3n) is 2.83. The van der Waals surface area contributed by atoms with E-state index < -0.39 is 0 Å². The molecule has 5 nitrogen and oxygen atoms in total. The fraction of sp³-hybridized carbons (Fsp3) is 0.467. The topological polar surface area (TPSA) is 52.0 Å². The number of ether oxygens (including phenoxy) is 1. The Labute approximate surface area is 133 Å². The number of nitrogens with zero attached hydrogens (tertiary/aromatic N) is 3. The van der Waals surface area contributed by atoms with Gasteiger partial charge in [-0.25, -0.2) is 4.68 Å². The Morgan fingerprint density at radius 1 is 1.38 bits per heavy atom. The predicted octanol–water partition coefficient (Wildman–Crippen LogP) is 2.87. The minimum atomic E-state index is 0.568.